The van der Waals surface area contributed by atoms with Crippen LogP contribution in [0.5, 0.6) is 0 Å². The first-order chi connectivity index (χ1) is 12.8. The molecular weight excluding hydrogens is 350 g/mol. The van der Waals surface area contributed by atoms with Crippen LogP contribution in [0.2, 0.25) is 5.15 Å². The molecule has 26 heavy (non-hydrogen) atoms. The van der Waals surface area contributed by atoms with E-state index in [9.17, 15) is 0 Å². The van der Waals surface area contributed by atoms with Gasteiger partial charge in [0.2, 0.25) is 0 Å². The third-order valence-corrected chi connectivity index (χ3v) is 5.39. The van der Waals surface area contributed by atoms with Crippen molar-refractivity contribution in [2.45, 2.75) is 25.3 Å². The molecule has 2 aromatic heterocycles. The summed E-state index contributed by atoms with van der Waals surface area (Å²) < 4.78 is 5.42. The molecule has 2 aliphatic rings. The molecule has 0 amide bonds. The maximum Gasteiger partial charge on any atom is 0.146 e. The van der Waals surface area contributed by atoms with Gasteiger partial charge in [-0.05, 0) is 49.5 Å². The maximum absolute atomic E-state index is 6.26. The summed E-state index contributed by atoms with van der Waals surface area (Å²) in [6.45, 7) is 6.03. The number of hydrogen-bond donors (Lipinski definition) is 0. The van der Waals surface area contributed by atoms with Crippen molar-refractivity contribution < 1.29 is 4.74 Å². The fourth-order valence-electron chi connectivity index (χ4n) is 3.74. The molecular formula is C19H24ClN5O. The molecule has 0 atom stereocenters. The largest absolute Gasteiger partial charge is 0.378 e. The van der Waals surface area contributed by atoms with Crippen molar-refractivity contribution in [3.63, 3.8) is 0 Å². The number of nitrogens with zero attached hydrogens (tertiary/aromatic N) is 5. The predicted molar refractivity (Wildman–Crippen MR) is 102 cm³/mol. The second-order valence-electron chi connectivity index (χ2n) is 6.90. The van der Waals surface area contributed by atoms with E-state index < -0.39 is 0 Å². The summed E-state index contributed by atoms with van der Waals surface area (Å²) in [5, 5.41) is 0.517. The average molecular weight is 374 g/mol. The third-order valence-electron chi connectivity index (χ3n) is 5.19. The van der Waals surface area contributed by atoms with Crippen molar-refractivity contribution in [2.75, 3.05) is 44.3 Å². The lowest BCUT2D eigenvalue weighted by Crippen LogP contribution is -2.37. The van der Waals surface area contributed by atoms with Gasteiger partial charge in [0.05, 0.1) is 19.8 Å². The number of likely N-dealkylation sites (tertiary alicyclic amines) is 1. The number of pyridine rings is 1. The van der Waals surface area contributed by atoms with E-state index in [0.29, 0.717) is 11.1 Å². The van der Waals surface area contributed by atoms with E-state index in [1.165, 1.54) is 5.56 Å². The van der Waals surface area contributed by atoms with Gasteiger partial charge in [0.15, 0.2) is 0 Å². The minimum atomic E-state index is 0.517. The number of piperidine rings is 1. The van der Waals surface area contributed by atoms with Crippen molar-refractivity contribution in [1.82, 2.24) is 19.9 Å². The van der Waals surface area contributed by atoms with Crippen molar-refractivity contribution >= 4 is 17.4 Å². The maximum atomic E-state index is 6.26. The van der Waals surface area contributed by atoms with Gasteiger partial charge in [-0.3, -0.25) is 9.88 Å². The molecule has 4 heterocycles. The highest BCUT2D eigenvalue weighted by molar-refractivity contribution is 6.29. The van der Waals surface area contributed by atoms with Crippen LogP contribution in [-0.4, -0.2) is 59.2 Å². The first-order valence-corrected chi connectivity index (χ1v) is 9.64. The van der Waals surface area contributed by atoms with Crippen LogP contribution < -0.4 is 4.90 Å². The highest BCUT2D eigenvalue weighted by Gasteiger charge is 2.22. The van der Waals surface area contributed by atoms with Gasteiger partial charge in [0.25, 0.3) is 0 Å². The van der Waals surface area contributed by atoms with Crippen LogP contribution in [0.25, 0.3) is 0 Å². The zero-order chi connectivity index (χ0) is 17.8. The Hall–Kier alpha value is -1.76. The van der Waals surface area contributed by atoms with Gasteiger partial charge in [-0.25, -0.2) is 9.97 Å². The van der Waals surface area contributed by atoms with E-state index >= 15 is 0 Å². The van der Waals surface area contributed by atoms with E-state index in [4.69, 9.17) is 21.3 Å². The van der Waals surface area contributed by atoms with Crippen molar-refractivity contribution in [3.8, 4) is 0 Å². The van der Waals surface area contributed by atoms with Gasteiger partial charge in [0.1, 0.15) is 16.8 Å². The van der Waals surface area contributed by atoms with E-state index in [-0.39, 0.29) is 0 Å². The van der Waals surface area contributed by atoms with Gasteiger partial charge < -0.3 is 9.64 Å². The lowest BCUT2D eigenvalue weighted by Gasteiger charge is -2.32. The molecule has 2 aliphatic heterocycles. The molecule has 0 unspecified atom stereocenters. The number of ether oxygens (including phenoxy) is 1. The van der Waals surface area contributed by atoms with Crippen molar-refractivity contribution in [2.24, 2.45) is 0 Å². The molecule has 7 heteroatoms. The SMILES string of the molecule is Clc1cc(N2CCOCC2)nc(CN2CCC(c3ccncc3)CC2)n1. The fourth-order valence-corrected chi connectivity index (χ4v) is 3.93. The Morgan fingerprint density at radius 2 is 1.77 bits per heavy atom. The Balaban J connectivity index is 1.38. The molecule has 2 fully saturated rings. The van der Waals surface area contributed by atoms with Crippen LogP contribution >= 0.6 is 11.6 Å². The second kappa shape index (κ2) is 8.29. The summed E-state index contributed by atoms with van der Waals surface area (Å²) in [5.41, 5.74) is 1.40. The molecule has 0 aromatic carbocycles. The Labute approximate surface area is 159 Å². The van der Waals surface area contributed by atoms with Crippen LogP contribution in [0.1, 0.15) is 30.1 Å². The molecule has 0 N–H and O–H groups in total. The Kier molecular flexibility index (Phi) is 5.62. The highest BCUT2D eigenvalue weighted by atomic mass is 35.5. The molecule has 0 radical (unpaired) electrons. The Bertz CT molecular complexity index is 715. The standard InChI is InChI=1S/C19H24ClN5O/c20-17-13-19(25-9-11-26-12-10-25)23-18(22-17)14-24-7-3-16(4-8-24)15-1-5-21-6-2-15/h1-2,5-6,13,16H,3-4,7-12,14H2. The van der Waals surface area contributed by atoms with Crippen molar-refractivity contribution in [3.05, 3.63) is 47.1 Å². The number of rotatable bonds is 4. The van der Waals surface area contributed by atoms with E-state index in [1.807, 2.05) is 18.5 Å². The second-order valence-corrected chi connectivity index (χ2v) is 7.28. The van der Waals surface area contributed by atoms with Crippen LogP contribution in [0.3, 0.4) is 0 Å². The number of halogens is 1. The third kappa shape index (κ3) is 4.31. The molecule has 0 bridgehead atoms. The van der Waals surface area contributed by atoms with Gasteiger partial charge in [-0.15, -0.1) is 0 Å². The molecule has 2 aromatic rings. The van der Waals surface area contributed by atoms with Gasteiger partial charge in [-0.2, -0.15) is 0 Å². The molecule has 6 nitrogen and oxygen atoms in total. The normalized spacial score (nSPS) is 19.7. The number of morpholine rings is 1. The molecule has 0 spiro atoms. The van der Waals surface area contributed by atoms with E-state index in [1.54, 1.807) is 0 Å². The molecule has 0 aliphatic carbocycles. The van der Waals surface area contributed by atoms with Crippen LogP contribution in [-0.2, 0) is 11.3 Å². The number of aromatic nitrogens is 3. The first kappa shape index (κ1) is 17.6. The fraction of sp³-hybridized carbons (Fsp3) is 0.526. The monoisotopic (exact) mass is 373 g/mol. The lowest BCUT2D eigenvalue weighted by atomic mass is 9.90. The van der Waals surface area contributed by atoms with Gasteiger partial charge in [0, 0.05) is 31.5 Å². The number of anilines is 1. The zero-order valence-electron chi connectivity index (χ0n) is 14.9. The molecule has 0 saturated carbocycles. The van der Waals surface area contributed by atoms with E-state index in [0.717, 1.165) is 70.4 Å². The molecule has 138 valence electrons. The summed E-state index contributed by atoms with van der Waals surface area (Å²) in [6, 6.07) is 6.12. The van der Waals surface area contributed by atoms with Crippen LogP contribution in [0, 0.1) is 0 Å². The van der Waals surface area contributed by atoms with Crippen LogP contribution in [0.15, 0.2) is 30.6 Å². The minimum Gasteiger partial charge on any atom is -0.378 e. The zero-order valence-corrected chi connectivity index (χ0v) is 15.6. The highest BCUT2D eigenvalue weighted by Crippen LogP contribution is 2.28. The first-order valence-electron chi connectivity index (χ1n) is 9.26. The average Bonchev–Trinajstić information content (AvgIpc) is 2.69. The van der Waals surface area contributed by atoms with E-state index in [2.05, 4.69) is 31.9 Å². The van der Waals surface area contributed by atoms with Gasteiger partial charge in [-0.1, -0.05) is 11.6 Å². The summed E-state index contributed by atoms with van der Waals surface area (Å²) in [7, 11) is 0. The smallest absolute Gasteiger partial charge is 0.146 e. The molecule has 2 saturated heterocycles. The quantitative estimate of drug-likeness (QED) is 0.768. The minimum absolute atomic E-state index is 0.517. The predicted octanol–water partition coefficient (Wildman–Crippen LogP) is 2.74. The van der Waals surface area contributed by atoms with Crippen LogP contribution in [0.4, 0.5) is 5.82 Å². The number of hydrogen-bond acceptors (Lipinski definition) is 6. The molecule has 4 rings (SSSR count). The summed E-state index contributed by atoms with van der Waals surface area (Å²) >= 11 is 6.26. The summed E-state index contributed by atoms with van der Waals surface area (Å²) in [6.07, 6.45) is 6.07. The van der Waals surface area contributed by atoms with Gasteiger partial charge >= 0.3 is 0 Å². The Morgan fingerprint density at radius 1 is 1.04 bits per heavy atom. The summed E-state index contributed by atoms with van der Waals surface area (Å²) in [5.74, 6) is 2.34. The summed E-state index contributed by atoms with van der Waals surface area (Å²) in [4.78, 5) is 18.0. The van der Waals surface area contributed by atoms with Crippen molar-refractivity contribution in [1.29, 1.82) is 0 Å². The topological polar surface area (TPSA) is 54.4 Å². The lowest BCUT2D eigenvalue weighted by molar-refractivity contribution is 0.122. The Morgan fingerprint density at radius 3 is 2.50 bits per heavy atom.